The molecule has 1 aliphatic carbocycles. The largest absolute Gasteiger partial charge is 0.268 e. The Labute approximate surface area is 411 Å². The molecular formula is C56H112O5S4. The molecule has 4 heterocycles. The minimum absolute atomic E-state index is 0.339. The molecule has 4 aliphatic heterocycles. The highest BCUT2D eigenvalue weighted by Crippen LogP contribution is 2.34. The second-order valence-electron chi connectivity index (χ2n) is 27.9. The first-order valence-corrected chi connectivity index (χ1v) is 34.1. The van der Waals surface area contributed by atoms with Crippen molar-refractivity contribution >= 4 is 51.4 Å². The molecule has 0 N–H and O–H groups in total. The van der Waals surface area contributed by atoms with Gasteiger partial charge in [-0.2, -0.15) is 0 Å². The highest BCUT2D eigenvalue weighted by Gasteiger charge is 2.28. The summed E-state index contributed by atoms with van der Waals surface area (Å²) in [5.74, 6) is 17.8. The summed E-state index contributed by atoms with van der Waals surface area (Å²) < 4.78 is 56.7. The zero-order valence-corrected chi connectivity index (χ0v) is 49.2. The lowest BCUT2D eigenvalue weighted by molar-refractivity contribution is 0.274. The summed E-state index contributed by atoms with van der Waals surface area (Å²) in [6, 6.07) is 0. The van der Waals surface area contributed by atoms with Crippen LogP contribution >= 0.6 is 0 Å². The molecule has 9 heteroatoms. The van der Waals surface area contributed by atoms with E-state index in [1.165, 1.54) is 96.3 Å². The van der Waals surface area contributed by atoms with Crippen LogP contribution in [-0.2, 0) is 39.7 Å². The monoisotopic (exact) mass is 993 g/mol. The van der Waals surface area contributed by atoms with Crippen LogP contribution in [0.25, 0.3) is 0 Å². The van der Waals surface area contributed by atoms with Gasteiger partial charge in [0, 0.05) is 45.3 Å². The minimum Gasteiger partial charge on any atom is -0.268 e. The standard InChI is InChI=1S/C12H24OS.C12H24.2C11H22OS.C10H20O2S/c1-12(2,3)8-5-11-6-9-14(4,13)10-7-11;1-12(2,3)10-9-11-7-5-4-6-8-11;1-11(2,3)7-5-10-6-8-13(4,12)9-10;1-11(2,3)7-4-10-5-8-13(12)9-6-10;1-10(2,3)8-9-4-6-13(11,12)7-5-9/h11H,4-10H2,1-3H3;11H,4-10H2,1-3H3;2*10H,4-9H2,1-3H3;9H,4-8H2,1-3H3. The molecule has 4 saturated heterocycles. The predicted octanol–water partition coefficient (Wildman–Crippen LogP) is 15.1. The SMILES string of the molecule is C=S1(=O)CCC(CCC(C)(C)C)C1.C=S1(=O)CCC(CCC(C)(C)C)CC1.CC(C)(C)CC1CCS(=O)(=O)CC1.CC(C)(C)CCC1CCCCC1.CC(C)(C)CCC1CCS(=O)CC1. The van der Waals surface area contributed by atoms with E-state index in [2.05, 4.69) is 116 Å². The zero-order valence-electron chi connectivity index (χ0n) is 46.0. The van der Waals surface area contributed by atoms with Crippen LogP contribution in [0.4, 0.5) is 0 Å². The van der Waals surface area contributed by atoms with Crippen LogP contribution in [0.15, 0.2) is 0 Å². The maximum absolute atomic E-state index is 11.6. The summed E-state index contributed by atoms with van der Waals surface area (Å²) in [5, 5.41) is 0. The molecule has 0 aromatic heterocycles. The van der Waals surface area contributed by atoms with E-state index in [0.717, 1.165) is 90.8 Å². The van der Waals surface area contributed by atoms with Crippen molar-refractivity contribution in [3.63, 3.8) is 0 Å². The average Bonchev–Trinajstić information content (AvgIpc) is 3.51. The minimum atomic E-state index is -2.67. The van der Waals surface area contributed by atoms with Crippen LogP contribution in [-0.4, -0.2) is 78.8 Å². The summed E-state index contributed by atoms with van der Waals surface area (Å²) in [4.78, 5) is 0. The van der Waals surface area contributed by atoms with E-state index in [0.29, 0.717) is 50.4 Å². The molecule has 0 radical (unpaired) electrons. The molecular weight excluding hydrogens is 881 g/mol. The lowest BCUT2D eigenvalue weighted by Crippen LogP contribution is -2.26. The first kappa shape index (κ1) is 63.2. The van der Waals surface area contributed by atoms with Gasteiger partial charge in [0.05, 0.1) is 11.5 Å². The lowest BCUT2D eigenvalue weighted by Gasteiger charge is -2.28. The molecule has 0 aromatic carbocycles. The summed E-state index contributed by atoms with van der Waals surface area (Å²) in [5.41, 5.74) is 2.23. The molecule has 65 heavy (non-hydrogen) atoms. The Morgan fingerprint density at radius 1 is 0.400 bits per heavy atom. The van der Waals surface area contributed by atoms with Gasteiger partial charge in [0.25, 0.3) is 0 Å². The van der Waals surface area contributed by atoms with E-state index in [1.807, 2.05) is 0 Å². The Morgan fingerprint density at radius 3 is 1.08 bits per heavy atom. The van der Waals surface area contributed by atoms with Gasteiger partial charge in [0.15, 0.2) is 0 Å². The van der Waals surface area contributed by atoms with E-state index >= 15 is 0 Å². The van der Waals surface area contributed by atoms with Crippen LogP contribution < -0.4 is 0 Å². The molecule has 2 atom stereocenters. The Hall–Kier alpha value is 0.140. The highest BCUT2D eigenvalue weighted by atomic mass is 32.2. The number of rotatable bonds is 9. The van der Waals surface area contributed by atoms with Crippen molar-refractivity contribution in [2.75, 3.05) is 46.0 Å². The van der Waals surface area contributed by atoms with Gasteiger partial charge in [0.2, 0.25) is 0 Å². The van der Waals surface area contributed by atoms with Gasteiger partial charge in [-0.25, -0.2) is 8.42 Å². The van der Waals surface area contributed by atoms with Crippen molar-refractivity contribution in [1.29, 1.82) is 0 Å². The Kier molecular flexibility index (Phi) is 27.4. The van der Waals surface area contributed by atoms with E-state index < -0.39 is 39.7 Å². The molecule has 5 fully saturated rings. The van der Waals surface area contributed by atoms with Gasteiger partial charge >= 0.3 is 0 Å². The molecule has 390 valence electrons. The second-order valence-corrected chi connectivity index (χ2v) is 37.3. The van der Waals surface area contributed by atoms with Crippen molar-refractivity contribution in [1.82, 2.24) is 0 Å². The molecule has 0 amide bonds. The lowest BCUT2D eigenvalue weighted by atomic mass is 9.81. The molecule has 5 aliphatic rings. The number of sulfone groups is 1. The third kappa shape index (κ3) is 36.7. The van der Waals surface area contributed by atoms with Crippen molar-refractivity contribution in [2.45, 2.75) is 239 Å². The third-order valence-electron chi connectivity index (χ3n) is 14.3. The molecule has 1 saturated carbocycles. The Balaban J connectivity index is 0.000000407. The first-order valence-electron chi connectivity index (χ1n) is 26.6. The van der Waals surface area contributed by atoms with Crippen molar-refractivity contribution in [3.05, 3.63) is 0 Å². The second kappa shape index (κ2) is 28.2. The topological polar surface area (TPSA) is 85.3 Å². The maximum Gasteiger partial charge on any atom is 0.150 e. The smallest absolute Gasteiger partial charge is 0.150 e. The van der Waals surface area contributed by atoms with Gasteiger partial charge in [-0.1, -0.05) is 136 Å². The number of hydrogen-bond acceptors (Lipinski definition) is 5. The van der Waals surface area contributed by atoms with Crippen molar-refractivity contribution in [3.8, 4) is 0 Å². The van der Waals surface area contributed by atoms with Gasteiger partial charge in [-0.05, 0) is 190 Å². The van der Waals surface area contributed by atoms with Crippen LogP contribution in [0.1, 0.15) is 239 Å². The van der Waals surface area contributed by atoms with Crippen LogP contribution in [0, 0.1) is 56.7 Å². The highest BCUT2D eigenvalue weighted by molar-refractivity contribution is 8.00. The summed E-state index contributed by atoms with van der Waals surface area (Å²) in [7, 11) is -6.49. The van der Waals surface area contributed by atoms with E-state index in [9.17, 15) is 21.0 Å². The normalized spacial score (nSPS) is 29.3. The fourth-order valence-electron chi connectivity index (χ4n) is 9.67. The van der Waals surface area contributed by atoms with Crippen molar-refractivity contribution in [2.24, 2.45) is 56.7 Å². The molecule has 5 nitrogen and oxygen atoms in total. The quantitative estimate of drug-likeness (QED) is 0.215. The van der Waals surface area contributed by atoms with E-state index in [-0.39, 0.29) is 0 Å². The molecule has 2 unspecified atom stereocenters. The van der Waals surface area contributed by atoms with Crippen LogP contribution in [0.3, 0.4) is 0 Å². The summed E-state index contributed by atoms with van der Waals surface area (Å²) in [6.07, 6.45) is 26.8. The van der Waals surface area contributed by atoms with Gasteiger partial charge < -0.3 is 0 Å². The van der Waals surface area contributed by atoms with E-state index in [1.54, 1.807) is 0 Å². The predicted molar refractivity (Wildman–Crippen MR) is 298 cm³/mol. The fraction of sp³-hybridized carbons (Fsp3) is 0.964. The van der Waals surface area contributed by atoms with Crippen LogP contribution in [0.2, 0.25) is 0 Å². The molecule has 0 bridgehead atoms. The van der Waals surface area contributed by atoms with Crippen molar-refractivity contribution < 1.29 is 21.0 Å². The van der Waals surface area contributed by atoms with Gasteiger partial charge in [-0.3, -0.25) is 12.6 Å². The maximum atomic E-state index is 11.6. The fourth-order valence-corrected chi connectivity index (χ4v) is 16.5. The Bertz CT molecular complexity index is 1600. The zero-order chi connectivity index (χ0) is 50.0. The average molecular weight is 994 g/mol. The van der Waals surface area contributed by atoms with Crippen LogP contribution in [0.5, 0.6) is 0 Å². The Morgan fingerprint density at radius 2 is 0.723 bits per heavy atom. The molecule has 0 aromatic rings. The van der Waals surface area contributed by atoms with E-state index in [4.69, 9.17) is 0 Å². The summed E-state index contributed by atoms with van der Waals surface area (Å²) >= 11 is 0. The summed E-state index contributed by atoms with van der Waals surface area (Å²) in [6.45, 7) is 34.3. The van der Waals surface area contributed by atoms with Gasteiger partial charge in [0.1, 0.15) is 9.84 Å². The molecule has 0 spiro atoms. The number of hydrogen-bond donors (Lipinski definition) is 0. The third-order valence-corrected chi connectivity index (χ3v) is 21.4. The molecule has 5 rings (SSSR count). The first-order chi connectivity index (χ1) is 29.4. The van der Waals surface area contributed by atoms with Gasteiger partial charge in [-0.15, -0.1) is 0 Å².